The highest BCUT2D eigenvalue weighted by molar-refractivity contribution is 6.00. The minimum Gasteiger partial charge on any atom is -0.355 e. The lowest BCUT2D eigenvalue weighted by Crippen LogP contribution is -2.23. The van der Waals surface area contributed by atoms with Gasteiger partial charge in [0.05, 0.1) is 0 Å². The van der Waals surface area contributed by atoms with E-state index in [4.69, 9.17) is 0 Å². The van der Waals surface area contributed by atoms with Gasteiger partial charge in [-0.05, 0) is 36.4 Å². The summed E-state index contributed by atoms with van der Waals surface area (Å²) in [6, 6.07) is 16.3. The summed E-state index contributed by atoms with van der Waals surface area (Å²) in [4.78, 5) is 25.0. The summed E-state index contributed by atoms with van der Waals surface area (Å²) in [7, 11) is 1.59. The number of para-hydroxylation sites is 1. The minimum atomic E-state index is -0.148. The summed E-state index contributed by atoms with van der Waals surface area (Å²) in [6.07, 6.45) is 0. The second kappa shape index (κ2) is 6.02. The number of carbonyl (C=O) groups excluding carboxylic acids is 2. The van der Waals surface area contributed by atoms with Gasteiger partial charge in [-0.1, -0.05) is 18.2 Å². The Hall–Kier alpha value is -2.62. The van der Waals surface area contributed by atoms with Crippen molar-refractivity contribution in [3.05, 3.63) is 60.2 Å². The van der Waals surface area contributed by atoms with E-state index in [1.54, 1.807) is 36.2 Å². The average molecular weight is 268 g/mol. The van der Waals surface area contributed by atoms with Gasteiger partial charge < -0.3 is 5.32 Å². The van der Waals surface area contributed by atoms with E-state index in [0.29, 0.717) is 5.56 Å². The number of nitrogens with zero attached hydrogens (tertiary/aromatic N) is 1. The number of benzene rings is 2. The molecule has 4 heteroatoms. The lowest BCUT2D eigenvalue weighted by molar-refractivity contribution is -0.115. The van der Waals surface area contributed by atoms with Gasteiger partial charge in [0.1, 0.15) is 0 Å². The molecule has 0 heterocycles. The summed E-state index contributed by atoms with van der Waals surface area (Å²) in [6.45, 7) is 1.51. The van der Waals surface area contributed by atoms with E-state index in [0.717, 1.165) is 11.4 Å². The maximum Gasteiger partial charge on any atom is 0.251 e. The number of hydrogen-bond donors (Lipinski definition) is 1. The van der Waals surface area contributed by atoms with Crippen LogP contribution in [0, 0.1) is 0 Å². The number of anilines is 2. The van der Waals surface area contributed by atoms with Gasteiger partial charge in [0, 0.05) is 30.9 Å². The molecule has 20 heavy (non-hydrogen) atoms. The lowest BCUT2D eigenvalue weighted by Gasteiger charge is -2.21. The normalized spacial score (nSPS) is 9.90. The molecular weight excluding hydrogens is 252 g/mol. The van der Waals surface area contributed by atoms with Crippen molar-refractivity contribution in [2.45, 2.75) is 6.92 Å². The van der Waals surface area contributed by atoms with E-state index in [1.807, 2.05) is 30.3 Å². The van der Waals surface area contributed by atoms with Crippen LogP contribution in [-0.4, -0.2) is 18.9 Å². The third kappa shape index (κ3) is 2.85. The molecule has 4 nitrogen and oxygen atoms in total. The molecule has 0 spiro atoms. The van der Waals surface area contributed by atoms with Gasteiger partial charge in [-0.25, -0.2) is 0 Å². The van der Waals surface area contributed by atoms with Crippen LogP contribution in [-0.2, 0) is 4.79 Å². The monoisotopic (exact) mass is 268 g/mol. The third-order valence-electron chi connectivity index (χ3n) is 2.94. The molecule has 0 aromatic heterocycles. The molecule has 0 saturated heterocycles. The van der Waals surface area contributed by atoms with Crippen molar-refractivity contribution in [2.24, 2.45) is 0 Å². The van der Waals surface area contributed by atoms with Crippen LogP contribution in [0.15, 0.2) is 54.6 Å². The first-order valence-corrected chi connectivity index (χ1v) is 6.31. The van der Waals surface area contributed by atoms with Crippen LogP contribution < -0.4 is 10.2 Å². The van der Waals surface area contributed by atoms with Crippen LogP contribution in [0.4, 0.5) is 11.4 Å². The molecule has 2 amide bonds. The Kier molecular flexibility index (Phi) is 4.15. The molecule has 0 radical (unpaired) electrons. The molecule has 0 aliphatic carbocycles. The number of nitrogens with one attached hydrogen (secondary N) is 1. The zero-order chi connectivity index (χ0) is 14.5. The highest BCUT2D eigenvalue weighted by atomic mass is 16.2. The van der Waals surface area contributed by atoms with Gasteiger partial charge in [0.15, 0.2) is 0 Å². The molecule has 2 aromatic carbocycles. The number of hydrogen-bond acceptors (Lipinski definition) is 2. The maximum absolute atomic E-state index is 11.9. The van der Waals surface area contributed by atoms with Crippen LogP contribution >= 0.6 is 0 Å². The molecule has 0 aliphatic heterocycles. The molecule has 0 aliphatic rings. The Labute approximate surface area is 118 Å². The molecule has 0 saturated carbocycles. The quantitative estimate of drug-likeness (QED) is 0.930. The van der Waals surface area contributed by atoms with Crippen molar-refractivity contribution >= 4 is 23.2 Å². The van der Waals surface area contributed by atoms with Crippen molar-refractivity contribution in [2.75, 3.05) is 11.9 Å². The number of carbonyl (C=O) groups is 2. The largest absolute Gasteiger partial charge is 0.355 e. The topological polar surface area (TPSA) is 49.4 Å². The number of rotatable bonds is 3. The van der Waals surface area contributed by atoms with Crippen LogP contribution in [0.25, 0.3) is 0 Å². The number of amides is 2. The Balaban J connectivity index is 2.36. The minimum absolute atomic E-state index is 0.0797. The Morgan fingerprint density at radius 1 is 0.900 bits per heavy atom. The average Bonchev–Trinajstić information content (AvgIpc) is 2.48. The zero-order valence-electron chi connectivity index (χ0n) is 11.5. The molecule has 0 atom stereocenters. The van der Waals surface area contributed by atoms with E-state index in [9.17, 15) is 9.59 Å². The van der Waals surface area contributed by atoms with Crippen molar-refractivity contribution in [3.8, 4) is 0 Å². The predicted octanol–water partition coefficient (Wildman–Crippen LogP) is 2.73. The highest BCUT2D eigenvalue weighted by Gasteiger charge is 2.14. The van der Waals surface area contributed by atoms with E-state index in [2.05, 4.69) is 5.32 Å². The highest BCUT2D eigenvalue weighted by Crippen LogP contribution is 2.25. The summed E-state index contributed by atoms with van der Waals surface area (Å²) >= 11 is 0. The van der Waals surface area contributed by atoms with Gasteiger partial charge in [-0.2, -0.15) is 0 Å². The van der Waals surface area contributed by atoms with Crippen LogP contribution in [0.2, 0.25) is 0 Å². The van der Waals surface area contributed by atoms with E-state index < -0.39 is 0 Å². The van der Waals surface area contributed by atoms with E-state index in [-0.39, 0.29) is 11.8 Å². The molecule has 2 rings (SSSR count). The molecular formula is C16H16N2O2. The third-order valence-corrected chi connectivity index (χ3v) is 2.94. The molecule has 2 aromatic rings. The molecule has 0 bridgehead atoms. The van der Waals surface area contributed by atoms with Crippen molar-refractivity contribution in [3.63, 3.8) is 0 Å². The van der Waals surface area contributed by atoms with Crippen LogP contribution in [0.5, 0.6) is 0 Å². The fraction of sp³-hybridized carbons (Fsp3) is 0.125. The van der Waals surface area contributed by atoms with Gasteiger partial charge in [0.2, 0.25) is 5.91 Å². The molecule has 102 valence electrons. The first-order chi connectivity index (χ1) is 9.63. The van der Waals surface area contributed by atoms with Gasteiger partial charge >= 0.3 is 0 Å². The predicted molar refractivity (Wildman–Crippen MR) is 79.1 cm³/mol. The summed E-state index contributed by atoms with van der Waals surface area (Å²) in [5, 5.41) is 2.56. The van der Waals surface area contributed by atoms with Crippen LogP contribution in [0.1, 0.15) is 17.3 Å². The van der Waals surface area contributed by atoms with Gasteiger partial charge in [0.25, 0.3) is 5.91 Å². The molecule has 0 fully saturated rings. The second-order valence-electron chi connectivity index (χ2n) is 4.32. The van der Waals surface area contributed by atoms with E-state index in [1.165, 1.54) is 6.92 Å². The van der Waals surface area contributed by atoms with E-state index >= 15 is 0 Å². The molecule has 0 unspecified atom stereocenters. The van der Waals surface area contributed by atoms with Crippen molar-refractivity contribution in [1.82, 2.24) is 5.32 Å². The Bertz CT molecular complexity index is 606. The smallest absolute Gasteiger partial charge is 0.251 e. The maximum atomic E-state index is 11.9. The zero-order valence-corrected chi connectivity index (χ0v) is 11.5. The first-order valence-electron chi connectivity index (χ1n) is 6.31. The van der Waals surface area contributed by atoms with Gasteiger partial charge in [-0.15, -0.1) is 0 Å². The van der Waals surface area contributed by atoms with Gasteiger partial charge in [-0.3, -0.25) is 14.5 Å². The second-order valence-corrected chi connectivity index (χ2v) is 4.32. The lowest BCUT2D eigenvalue weighted by atomic mass is 10.1. The Morgan fingerprint density at radius 2 is 1.45 bits per heavy atom. The SMILES string of the molecule is CNC(=O)c1ccc(N(C(C)=O)c2ccccc2)cc1. The van der Waals surface area contributed by atoms with Crippen molar-refractivity contribution < 1.29 is 9.59 Å². The van der Waals surface area contributed by atoms with Crippen LogP contribution in [0.3, 0.4) is 0 Å². The fourth-order valence-electron chi connectivity index (χ4n) is 2.00. The molecule has 1 N–H and O–H groups in total. The Morgan fingerprint density at radius 3 is 1.95 bits per heavy atom. The first kappa shape index (κ1) is 13.8. The summed E-state index contributed by atoms with van der Waals surface area (Å²) in [5.41, 5.74) is 2.09. The summed E-state index contributed by atoms with van der Waals surface area (Å²) in [5.74, 6) is -0.227. The standard InChI is InChI=1S/C16H16N2O2/c1-12(19)18(14-6-4-3-5-7-14)15-10-8-13(9-11-15)16(20)17-2/h3-11H,1-2H3,(H,17,20). The fourth-order valence-corrected chi connectivity index (χ4v) is 2.00. The summed E-state index contributed by atoms with van der Waals surface area (Å²) < 4.78 is 0. The van der Waals surface area contributed by atoms with Crippen molar-refractivity contribution in [1.29, 1.82) is 0 Å².